The fourth-order valence-electron chi connectivity index (χ4n) is 1.90. The van der Waals surface area contributed by atoms with E-state index < -0.39 is 0 Å². The van der Waals surface area contributed by atoms with Gasteiger partial charge in [0.2, 0.25) is 0 Å². The lowest BCUT2D eigenvalue weighted by Gasteiger charge is -2.13. The summed E-state index contributed by atoms with van der Waals surface area (Å²) in [5.74, 6) is 0. The van der Waals surface area contributed by atoms with Crippen molar-refractivity contribution in [1.29, 1.82) is 0 Å². The predicted octanol–water partition coefficient (Wildman–Crippen LogP) is 3.35. The third-order valence-corrected chi connectivity index (χ3v) is 2.69. The third kappa shape index (κ3) is 1.18. The van der Waals surface area contributed by atoms with Crippen LogP contribution in [0.5, 0.6) is 0 Å². The Morgan fingerprint density at radius 2 is 2.13 bits per heavy atom. The molecule has 1 aliphatic rings. The standard InChI is InChI=1S/C13H10N2/c1-9-6-8-15-13-11(9)5-4-10-3-2-7-14-12(10)13/h2-5,7-8H,1,6H2. The summed E-state index contributed by atoms with van der Waals surface area (Å²) >= 11 is 0. The number of pyridine rings is 1. The van der Waals surface area contributed by atoms with Crippen molar-refractivity contribution < 1.29 is 0 Å². The molecule has 0 amide bonds. The SMILES string of the molecule is C=C1CC=Nc2c1ccc1cccnc21. The van der Waals surface area contributed by atoms with Gasteiger partial charge in [0.05, 0.1) is 11.2 Å². The Bertz CT molecular complexity index is 582. The van der Waals surface area contributed by atoms with Gasteiger partial charge in [-0.1, -0.05) is 24.8 Å². The van der Waals surface area contributed by atoms with E-state index in [0.717, 1.165) is 34.1 Å². The van der Waals surface area contributed by atoms with E-state index in [1.807, 2.05) is 12.3 Å². The number of nitrogens with zero attached hydrogens (tertiary/aromatic N) is 2. The van der Waals surface area contributed by atoms with Crippen LogP contribution in [0.4, 0.5) is 5.69 Å². The minimum absolute atomic E-state index is 0.839. The minimum Gasteiger partial charge on any atom is -0.258 e. The number of benzene rings is 1. The first-order valence-electron chi connectivity index (χ1n) is 4.94. The molecule has 2 aromatic rings. The van der Waals surface area contributed by atoms with E-state index in [9.17, 15) is 0 Å². The number of rotatable bonds is 0. The van der Waals surface area contributed by atoms with E-state index >= 15 is 0 Å². The van der Waals surface area contributed by atoms with Crippen molar-refractivity contribution in [1.82, 2.24) is 4.98 Å². The van der Waals surface area contributed by atoms with Crippen molar-refractivity contribution in [2.75, 3.05) is 0 Å². The average molecular weight is 194 g/mol. The van der Waals surface area contributed by atoms with Crippen LogP contribution >= 0.6 is 0 Å². The smallest absolute Gasteiger partial charge is 0.0964 e. The Kier molecular flexibility index (Phi) is 1.68. The summed E-state index contributed by atoms with van der Waals surface area (Å²) in [6, 6.07) is 8.15. The van der Waals surface area contributed by atoms with Crippen molar-refractivity contribution in [2.45, 2.75) is 6.42 Å². The number of aliphatic imine (C=N–C) groups is 1. The molecule has 15 heavy (non-hydrogen) atoms. The van der Waals surface area contributed by atoms with E-state index in [1.165, 1.54) is 0 Å². The molecule has 0 N–H and O–H groups in total. The molecule has 3 rings (SSSR count). The highest BCUT2D eigenvalue weighted by molar-refractivity contribution is 6.00. The molecule has 1 aromatic heterocycles. The molecule has 0 spiro atoms. The third-order valence-electron chi connectivity index (χ3n) is 2.69. The summed E-state index contributed by atoms with van der Waals surface area (Å²) < 4.78 is 0. The highest BCUT2D eigenvalue weighted by Gasteiger charge is 2.12. The molecule has 0 bridgehead atoms. The maximum absolute atomic E-state index is 4.42. The summed E-state index contributed by atoms with van der Waals surface area (Å²) in [5, 5.41) is 1.13. The molecule has 0 saturated carbocycles. The zero-order chi connectivity index (χ0) is 10.3. The highest BCUT2D eigenvalue weighted by atomic mass is 14.8. The van der Waals surface area contributed by atoms with Crippen LogP contribution in [0.15, 0.2) is 42.0 Å². The normalized spacial score (nSPS) is 14.3. The van der Waals surface area contributed by atoms with Crippen LogP contribution < -0.4 is 0 Å². The van der Waals surface area contributed by atoms with Gasteiger partial charge in [0.1, 0.15) is 0 Å². The first kappa shape index (κ1) is 8.36. The lowest BCUT2D eigenvalue weighted by atomic mass is 9.98. The summed E-state index contributed by atoms with van der Waals surface area (Å²) in [5.41, 5.74) is 4.17. The second-order valence-corrected chi connectivity index (χ2v) is 3.66. The first-order chi connectivity index (χ1) is 7.36. The van der Waals surface area contributed by atoms with Gasteiger partial charge in [-0.15, -0.1) is 0 Å². The van der Waals surface area contributed by atoms with Gasteiger partial charge in [-0.05, 0) is 11.6 Å². The fraction of sp³-hybridized carbons (Fsp3) is 0.0769. The first-order valence-corrected chi connectivity index (χ1v) is 4.94. The van der Waals surface area contributed by atoms with Crippen molar-refractivity contribution in [3.8, 4) is 0 Å². The van der Waals surface area contributed by atoms with Crippen LogP contribution in [-0.2, 0) is 0 Å². The molecule has 2 heterocycles. The lowest BCUT2D eigenvalue weighted by Crippen LogP contribution is -1.93. The fourth-order valence-corrected chi connectivity index (χ4v) is 1.90. The van der Waals surface area contributed by atoms with Gasteiger partial charge >= 0.3 is 0 Å². The summed E-state index contributed by atoms with van der Waals surface area (Å²) in [6.45, 7) is 4.04. The van der Waals surface area contributed by atoms with Gasteiger partial charge in [-0.3, -0.25) is 9.98 Å². The summed E-state index contributed by atoms with van der Waals surface area (Å²) in [4.78, 5) is 8.80. The molecular formula is C13H10N2. The van der Waals surface area contributed by atoms with E-state index in [2.05, 4.69) is 34.8 Å². The topological polar surface area (TPSA) is 25.2 Å². The van der Waals surface area contributed by atoms with Crippen LogP contribution in [0.25, 0.3) is 16.5 Å². The Balaban J connectivity index is 2.44. The van der Waals surface area contributed by atoms with E-state index in [1.54, 1.807) is 6.20 Å². The molecular weight excluding hydrogens is 184 g/mol. The van der Waals surface area contributed by atoms with Gasteiger partial charge < -0.3 is 0 Å². The molecule has 0 unspecified atom stereocenters. The Morgan fingerprint density at radius 3 is 3.07 bits per heavy atom. The summed E-state index contributed by atoms with van der Waals surface area (Å²) in [6.07, 6.45) is 4.54. The largest absolute Gasteiger partial charge is 0.258 e. The molecule has 0 atom stereocenters. The predicted molar refractivity (Wildman–Crippen MR) is 63.5 cm³/mol. The van der Waals surface area contributed by atoms with Crippen LogP contribution in [0.3, 0.4) is 0 Å². The van der Waals surface area contributed by atoms with Crippen LogP contribution in [0.2, 0.25) is 0 Å². The van der Waals surface area contributed by atoms with Crippen molar-refractivity contribution in [2.24, 2.45) is 4.99 Å². The van der Waals surface area contributed by atoms with Gasteiger partial charge in [0.25, 0.3) is 0 Å². The van der Waals surface area contributed by atoms with Gasteiger partial charge in [0, 0.05) is 29.8 Å². The van der Waals surface area contributed by atoms with E-state index in [-0.39, 0.29) is 0 Å². The molecule has 0 fully saturated rings. The monoisotopic (exact) mass is 194 g/mol. The lowest BCUT2D eigenvalue weighted by molar-refractivity contribution is 1.35. The van der Waals surface area contributed by atoms with Gasteiger partial charge in [-0.2, -0.15) is 0 Å². The number of allylic oxidation sites excluding steroid dienone is 1. The van der Waals surface area contributed by atoms with Crippen LogP contribution in [0.1, 0.15) is 12.0 Å². The molecule has 0 saturated heterocycles. The average Bonchev–Trinajstić information content (AvgIpc) is 2.29. The van der Waals surface area contributed by atoms with Gasteiger partial charge in [0.15, 0.2) is 0 Å². The molecule has 0 radical (unpaired) electrons. The summed E-state index contributed by atoms with van der Waals surface area (Å²) in [7, 11) is 0. The molecule has 1 aromatic carbocycles. The van der Waals surface area contributed by atoms with Crippen molar-refractivity contribution >= 4 is 28.4 Å². The molecule has 2 heteroatoms. The second-order valence-electron chi connectivity index (χ2n) is 3.66. The number of aromatic nitrogens is 1. The number of hydrogen-bond donors (Lipinski definition) is 0. The van der Waals surface area contributed by atoms with Gasteiger partial charge in [-0.25, -0.2) is 0 Å². The maximum Gasteiger partial charge on any atom is 0.0964 e. The molecule has 72 valence electrons. The zero-order valence-corrected chi connectivity index (χ0v) is 8.27. The second kappa shape index (κ2) is 3.02. The Labute approximate surface area is 88.0 Å². The Hall–Kier alpha value is -1.96. The zero-order valence-electron chi connectivity index (χ0n) is 8.27. The minimum atomic E-state index is 0.839. The number of fused-ring (bicyclic) bond motifs is 3. The maximum atomic E-state index is 4.42. The molecule has 1 aliphatic heterocycles. The van der Waals surface area contributed by atoms with Crippen LogP contribution in [-0.4, -0.2) is 11.2 Å². The van der Waals surface area contributed by atoms with Crippen molar-refractivity contribution in [3.63, 3.8) is 0 Å². The van der Waals surface area contributed by atoms with E-state index in [0.29, 0.717) is 0 Å². The molecule has 2 nitrogen and oxygen atoms in total. The quantitative estimate of drug-likeness (QED) is 0.631. The van der Waals surface area contributed by atoms with Crippen molar-refractivity contribution in [3.05, 3.63) is 42.6 Å². The van der Waals surface area contributed by atoms with Crippen LogP contribution in [0, 0.1) is 0 Å². The Morgan fingerprint density at radius 1 is 1.20 bits per heavy atom. The van der Waals surface area contributed by atoms with E-state index in [4.69, 9.17) is 0 Å². The number of hydrogen-bond acceptors (Lipinski definition) is 2. The highest BCUT2D eigenvalue weighted by Crippen LogP contribution is 2.35. The molecule has 0 aliphatic carbocycles.